The highest BCUT2D eigenvalue weighted by Crippen LogP contribution is 2.20. The Kier molecular flexibility index (Phi) is 6.93. The van der Waals surface area contributed by atoms with E-state index in [1.165, 1.54) is 13.2 Å². The van der Waals surface area contributed by atoms with Crippen LogP contribution in [0.2, 0.25) is 0 Å². The van der Waals surface area contributed by atoms with Crippen molar-refractivity contribution in [3.8, 4) is 11.5 Å². The molecule has 0 bridgehead atoms. The Labute approximate surface area is 157 Å². The van der Waals surface area contributed by atoms with Gasteiger partial charge in [0, 0.05) is 0 Å². The molecule has 0 fully saturated rings. The monoisotopic (exact) mass is 371 g/mol. The molecule has 2 rings (SSSR count). The summed E-state index contributed by atoms with van der Waals surface area (Å²) in [6.07, 6.45) is 0. The van der Waals surface area contributed by atoms with E-state index < -0.39 is 24.4 Å². The molecule has 7 nitrogen and oxygen atoms in total. The van der Waals surface area contributed by atoms with Gasteiger partial charge < -0.3 is 14.2 Å². The zero-order valence-corrected chi connectivity index (χ0v) is 15.4. The summed E-state index contributed by atoms with van der Waals surface area (Å²) in [5, 5.41) is 2.14. The summed E-state index contributed by atoms with van der Waals surface area (Å²) in [4.78, 5) is 35.6. The fraction of sp³-hybridized carbons (Fsp3) is 0.250. The van der Waals surface area contributed by atoms with Crippen LogP contribution in [0.4, 0.5) is 0 Å². The zero-order chi connectivity index (χ0) is 19.8. The second kappa shape index (κ2) is 9.38. The van der Waals surface area contributed by atoms with Crippen LogP contribution in [0.15, 0.2) is 42.5 Å². The van der Waals surface area contributed by atoms with E-state index in [9.17, 15) is 14.4 Å². The predicted octanol–water partition coefficient (Wildman–Crippen LogP) is 2.19. The fourth-order valence-electron chi connectivity index (χ4n) is 2.27. The molecule has 142 valence electrons. The summed E-state index contributed by atoms with van der Waals surface area (Å²) in [6.45, 7) is 2.89. The second-order valence-electron chi connectivity index (χ2n) is 5.72. The molecule has 0 unspecified atom stereocenters. The topological polar surface area (TPSA) is 90.9 Å². The van der Waals surface area contributed by atoms with Crippen LogP contribution >= 0.6 is 0 Å². The standard InChI is InChI=1S/C20H21NO6/c1-13-7-6-10-16(14(13)2)26-12-19(23)27-11-18(22)21-20(24)15-8-4-5-9-17(15)25-3/h4-10H,11-12H2,1-3H3,(H,21,22,24). The van der Waals surface area contributed by atoms with E-state index in [1.54, 1.807) is 24.3 Å². The van der Waals surface area contributed by atoms with Gasteiger partial charge in [0.25, 0.3) is 11.8 Å². The molecular formula is C20H21NO6. The first-order chi connectivity index (χ1) is 12.9. The van der Waals surface area contributed by atoms with E-state index in [2.05, 4.69) is 5.32 Å². The van der Waals surface area contributed by atoms with Gasteiger partial charge in [-0.05, 0) is 43.2 Å². The van der Waals surface area contributed by atoms with Crippen LogP contribution in [0.25, 0.3) is 0 Å². The maximum atomic E-state index is 12.1. The number of rotatable bonds is 7. The molecule has 0 aliphatic carbocycles. The number of esters is 1. The first-order valence-corrected chi connectivity index (χ1v) is 8.24. The van der Waals surface area contributed by atoms with Crippen molar-refractivity contribution in [2.45, 2.75) is 13.8 Å². The van der Waals surface area contributed by atoms with Crippen molar-refractivity contribution < 1.29 is 28.6 Å². The SMILES string of the molecule is COc1ccccc1C(=O)NC(=O)COC(=O)COc1cccc(C)c1C. The first kappa shape index (κ1) is 20.0. The number of carbonyl (C=O) groups is 3. The Morgan fingerprint density at radius 3 is 2.37 bits per heavy atom. The fourth-order valence-corrected chi connectivity index (χ4v) is 2.27. The summed E-state index contributed by atoms with van der Waals surface area (Å²) in [5.74, 6) is -1.19. The largest absolute Gasteiger partial charge is 0.496 e. The number of aryl methyl sites for hydroxylation is 1. The lowest BCUT2D eigenvalue weighted by molar-refractivity contribution is -0.150. The van der Waals surface area contributed by atoms with Crippen LogP contribution in [0.5, 0.6) is 11.5 Å². The minimum Gasteiger partial charge on any atom is -0.496 e. The van der Waals surface area contributed by atoms with Gasteiger partial charge in [-0.25, -0.2) is 4.79 Å². The number of benzene rings is 2. The molecule has 0 aromatic heterocycles. The van der Waals surface area contributed by atoms with Crippen LogP contribution in [0.3, 0.4) is 0 Å². The number of hydrogen-bond acceptors (Lipinski definition) is 6. The van der Waals surface area contributed by atoms with Crippen LogP contribution in [-0.4, -0.2) is 38.1 Å². The number of amides is 2. The lowest BCUT2D eigenvalue weighted by Crippen LogP contribution is -2.34. The molecule has 1 N–H and O–H groups in total. The van der Waals surface area contributed by atoms with Gasteiger partial charge in [0.05, 0.1) is 12.7 Å². The molecule has 0 saturated heterocycles. The molecule has 2 aromatic rings. The number of carbonyl (C=O) groups excluding carboxylic acids is 3. The Morgan fingerprint density at radius 2 is 1.63 bits per heavy atom. The average molecular weight is 371 g/mol. The van der Waals surface area contributed by atoms with Crippen LogP contribution in [-0.2, 0) is 14.3 Å². The maximum Gasteiger partial charge on any atom is 0.344 e. The van der Waals surface area contributed by atoms with Crippen molar-refractivity contribution in [1.29, 1.82) is 0 Å². The minimum atomic E-state index is -0.744. The van der Waals surface area contributed by atoms with Crippen molar-refractivity contribution in [1.82, 2.24) is 5.32 Å². The van der Waals surface area contributed by atoms with E-state index in [0.29, 0.717) is 11.5 Å². The van der Waals surface area contributed by atoms with E-state index in [4.69, 9.17) is 14.2 Å². The van der Waals surface area contributed by atoms with Gasteiger partial charge in [0.15, 0.2) is 13.2 Å². The molecule has 2 amide bonds. The highest BCUT2D eigenvalue weighted by molar-refractivity contribution is 6.06. The van der Waals surface area contributed by atoms with Gasteiger partial charge in [0.1, 0.15) is 11.5 Å². The van der Waals surface area contributed by atoms with E-state index >= 15 is 0 Å². The van der Waals surface area contributed by atoms with E-state index in [-0.39, 0.29) is 12.2 Å². The second-order valence-corrected chi connectivity index (χ2v) is 5.72. The lowest BCUT2D eigenvalue weighted by atomic mass is 10.1. The number of nitrogens with one attached hydrogen (secondary N) is 1. The summed E-state index contributed by atoms with van der Waals surface area (Å²) in [6, 6.07) is 12.0. The molecular weight excluding hydrogens is 350 g/mol. The van der Waals surface area contributed by atoms with Crippen molar-refractivity contribution in [2.75, 3.05) is 20.3 Å². The number of ether oxygens (including phenoxy) is 3. The maximum absolute atomic E-state index is 12.1. The number of methoxy groups -OCH3 is 1. The average Bonchev–Trinajstić information content (AvgIpc) is 2.67. The van der Waals surface area contributed by atoms with Gasteiger partial charge in [-0.3, -0.25) is 14.9 Å². The van der Waals surface area contributed by atoms with Crippen molar-refractivity contribution in [2.24, 2.45) is 0 Å². The van der Waals surface area contributed by atoms with Crippen LogP contribution in [0.1, 0.15) is 21.5 Å². The third-order valence-electron chi connectivity index (χ3n) is 3.87. The van der Waals surface area contributed by atoms with Gasteiger partial charge in [-0.15, -0.1) is 0 Å². The van der Waals surface area contributed by atoms with Gasteiger partial charge in [-0.1, -0.05) is 24.3 Å². The summed E-state index contributed by atoms with van der Waals surface area (Å²) in [7, 11) is 1.42. The van der Waals surface area contributed by atoms with Gasteiger partial charge in [0.2, 0.25) is 0 Å². The summed E-state index contributed by atoms with van der Waals surface area (Å²) >= 11 is 0. The number of hydrogen-bond donors (Lipinski definition) is 1. The number of para-hydroxylation sites is 1. The molecule has 0 spiro atoms. The van der Waals surface area contributed by atoms with Gasteiger partial charge in [-0.2, -0.15) is 0 Å². The van der Waals surface area contributed by atoms with Crippen molar-refractivity contribution >= 4 is 17.8 Å². The lowest BCUT2D eigenvalue weighted by Gasteiger charge is -2.11. The third-order valence-corrected chi connectivity index (χ3v) is 3.87. The van der Waals surface area contributed by atoms with Crippen molar-refractivity contribution in [3.63, 3.8) is 0 Å². The molecule has 0 aliphatic heterocycles. The van der Waals surface area contributed by atoms with Crippen molar-refractivity contribution in [3.05, 3.63) is 59.2 Å². The number of imide groups is 1. The highest BCUT2D eigenvalue weighted by Gasteiger charge is 2.16. The third kappa shape index (κ3) is 5.57. The minimum absolute atomic E-state index is 0.206. The smallest absolute Gasteiger partial charge is 0.344 e. The van der Waals surface area contributed by atoms with Crippen LogP contribution < -0.4 is 14.8 Å². The Balaban J connectivity index is 1.80. The molecule has 2 aromatic carbocycles. The zero-order valence-electron chi connectivity index (χ0n) is 15.4. The van der Waals surface area contributed by atoms with Crippen LogP contribution in [0, 0.1) is 13.8 Å². The first-order valence-electron chi connectivity index (χ1n) is 8.24. The highest BCUT2D eigenvalue weighted by atomic mass is 16.6. The Hall–Kier alpha value is -3.35. The Morgan fingerprint density at radius 1 is 0.926 bits per heavy atom. The Bertz CT molecular complexity index is 846. The molecule has 7 heteroatoms. The summed E-state index contributed by atoms with van der Waals surface area (Å²) in [5.41, 5.74) is 2.17. The van der Waals surface area contributed by atoms with E-state index in [0.717, 1.165) is 11.1 Å². The molecule has 0 radical (unpaired) electrons. The predicted molar refractivity (Wildman–Crippen MR) is 97.8 cm³/mol. The van der Waals surface area contributed by atoms with E-state index in [1.807, 2.05) is 26.0 Å². The molecule has 0 atom stereocenters. The molecule has 0 aliphatic rings. The molecule has 27 heavy (non-hydrogen) atoms. The molecule has 0 saturated carbocycles. The summed E-state index contributed by atoms with van der Waals surface area (Å²) < 4.78 is 15.3. The quantitative estimate of drug-likeness (QED) is 0.751. The normalized spacial score (nSPS) is 10.0. The molecule has 0 heterocycles. The van der Waals surface area contributed by atoms with Gasteiger partial charge >= 0.3 is 5.97 Å².